The highest BCUT2D eigenvalue weighted by Crippen LogP contribution is 2.34. The van der Waals surface area contributed by atoms with E-state index in [1.54, 1.807) is 24.3 Å². The van der Waals surface area contributed by atoms with Gasteiger partial charge in [0.1, 0.15) is 12.3 Å². The number of nitrogens with one attached hydrogen (secondary N) is 1. The molecule has 0 aliphatic rings. The summed E-state index contributed by atoms with van der Waals surface area (Å²) in [6.07, 6.45) is -3.20. The van der Waals surface area contributed by atoms with E-state index in [-0.39, 0.29) is 33.9 Å². The molecule has 0 spiro atoms. The maximum atomic E-state index is 13.5. The highest BCUT2D eigenvalue weighted by atomic mass is 19.4. The summed E-state index contributed by atoms with van der Waals surface area (Å²) < 4.78 is 46.2. The lowest BCUT2D eigenvalue weighted by atomic mass is 10.0. The Morgan fingerprint density at radius 1 is 0.972 bits per heavy atom. The molecule has 4 aromatic rings. The number of aromatic amines is 1. The molecule has 3 aromatic heterocycles. The Labute approximate surface area is 206 Å². The zero-order valence-electron chi connectivity index (χ0n) is 20.2. The number of fused-ring (bicyclic) bond motifs is 1. The summed E-state index contributed by atoms with van der Waals surface area (Å²) in [6.45, 7) is 8.22. The number of H-pyrrole nitrogens is 1. The molecule has 0 radical (unpaired) electrons. The van der Waals surface area contributed by atoms with Gasteiger partial charge in [0, 0.05) is 29.6 Å². The van der Waals surface area contributed by atoms with Crippen molar-refractivity contribution in [3.8, 4) is 28.3 Å². The second-order valence-electron chi connectivity index (χ2n) is 8.22. The van der Waals surface area contributed by atoms with Crippen LogP contribution in [0.3, 0.4) is 0 Å². The Morgan fingerprint density at radius 2 is 1.67 bits per heavy atom. The quantitative estimate of drug-likeness (QED) is 0.365. The molecule has 36 heavy (non-hydrogen) atoms. The standard InChI is InChI=1S/C26H26F3N5O2/c1-4-34(5-2)11-12-36-19-15-30-25-23(24(19)35)32-22(21(33-25)17-9-7-6-8-10-17)18-13-16(3)31-20(14-18)26(27,28)29/h6-10,13-15H,4-5,11-12H2,1-3H3,(H,30,33,35). The fourth-order valence-electron chi connectivity index (χ4n) is 3.89. The number of aromatic nitrogens is 4. The maximum absolute atomic E-state index is 13.5. The summed E-state index contributed by atoms with van der Waals surface area (Å²) >= 11 is 0. The van der Waals surface area contributed by atoms with Crippen LogP contribution >= 0.6 is 0 Å². The van der Waals surface area contributed by atoms with Crippen LogP contribution < -0.4 is 10.2 Å². The maximum Gasteiger partial charge on any atom is 0.433 e. The molecule has 0 aliphatic heterocycles. The van der Waals surface area contributed by atoms with Gasteiger partial charge in [-0.15, -0.1) is 0 Å². The van der Waals surface area contributed by atoms with Crippen molar-refractivity contribution in [1.29, 1.82) is 0 Å². The molecular weight excluding hydrogens is 471 g/mol. The molecule has 3 heterocycles. The molecule has 0 saturated carbocycles. The van der Waals surface area contributed by atoms with Crippen LogP contribution in [0.5, 0.6) is 5.75 Å². The summed E-state index contributed by atoms with van der Waals surface area (Å²) in [4.78, 5) is 31.1. The van der Waals surface area contributed by atoms with Gasteiger partial charge in [0.25, 0.3) is 5.43 Å². The van der Waals surface area contributed by atoms with Gasteiger partial charge in [-0.05, 0) is 32.1 Å². The average Bonchev–Trinajstić information content (AvgIpc) is 2.87. The Hall–Kier alpha value is -3.79. The number of pyridine rings is 2. The number of likely N-dealkylation sites (N-methyl/N-ethyl adjacent to an activating group) is 1. The fourth-order valence-corrected chi connectivity index (χ4v) is 3.89. The summed E-state index contributed by atoms with van der Waals surface area (Å²) in [6, 6.07) is 11.4. The van der Waals surface area contributed by atoms with Crippen molar-refractivity contribution < 1.29 is 17.9 Å². The first kappa shape index (κ1) is 25.3. The van der Waals surface area contributed by atoms with E-state index in [9.17, 15) is 18.0 Å². The van der Waals surface area contributed by atoms with E-state index in [1.165, 1.54) is 19.2 Å². The first-order valence-electron chi connectivity index (χ1n) is 11.6. The smallest absolute Gasteiger partial charge is 0.433 e. The summed E-state index contributed by atoms with van der Waals surface area (Å²) in [5.74, 6) is 0.0734. The van der Waals surface area contributed by atoms with Gasteiger partial charge in [-0.1, -0.05) is 44.2 Å². The number of benzene rings is 1. The SMILES string of the molecule is CCN(CC)CCOc1c[nH]c2nc(-c3ccccc3)c(-c3cc(C)nc(C(F)(F)F)c3)nc2c1=O. The third-order valence-electron chi connectivity index (χ3n) is 5.80. The minimum Gasteiger partial charge on any atom is -0.487 e. The minimum absolute atomic E-state index is 0.0203. The fraction of sp³-hybridized carbons (Fsp3) is 0.308. The van der Waals surface area contributed by atoms with Crippen LogP contribution in [-0.2, 0) is 6.18 Å². The average molecular weight is 498 g/mol. The van der Waals surface area contributed by atoms with Crippen molar-refractivity contribution >= 4 is 11.2 Å². The van der Waals surface area contributed by atoms with E-state index in [0.29, 0.717) is 24.4 Å². The van der Waals surface area contributed by atoms with Crippen LogP contribution in [0.2, 0.25) is 0 Å². The van der Waals surface area contributed by atoms with E-state index >= 15 is 0 Å². The summed E-state index contributed by atoms with van der Waals surface area (Å²) in [7, 11) is 0. The zero-order valence-corrected chi connectivity index (χ0v) is 20.2. The monoisotopic (exact) mass is 497 g/mol. The second kappa shape index (κ2) is 10.4. The van der Waals surface area contributed by atoms with E-state index in [0.717, 1.165) is 19.2 Å². The lowest BCUT2D eigenvalue weighted by Crippen LogP contribution is -2.28. The lowest BCUT2D eigenvalue weighted by molar-refractivity contribution is -0.141. The molecular formula is C26H26F3N5O2. The molecule has 188 valence electrons. The van der Waals surface area contributed by atoms with Crippen LogP contribution in [0.15, 0.2) is 53.5 Å². The zero-order chi connectivity index (χ0) is 25.9. The van der Waals surface area contributed by atoms with Gasteiger partial charge in [-0.25, -0.2) is 15.0 Å². The van der Waals surface area contributed by atoms with E-state index < -0.39 is 17.3 Å². The highest BCUT2D eigenvalue weighted by molar-refractivity contribution is 5.85. The number of alkyl halides is 3. The number of nitrogens with zero attached hydrogens (tertiary/aromatic N) is 4. The van der Waals surface area contributed by atoms with Crippen molar-refractivity contribution in [3.05, 3.63) is 70.3 Å². The van der Waals surface area contributed by atoms with Gasteiger partial charge in [0.2, 0.25) is 0 Å². The molecule has 0 saturated heterocycles. The van der Waals surface area contributed by atoms with Crippen molar-refractivity contribution in [2.24, 2.45) is 0 Å². The van der Waals surface area contributed by atoms with Crippen molar-refractivity contribution in [2.75, 3.05) is 26.2 Å². The number of ether oxygens (including phenoxy) is 1. The minimum atomic E-state index is -4.64. The summed E-state index contributed by atoms with van der Waals surface area (Å²) in [5.41, 5.74) is 0.125. The highest BCUT2D eigenvalue weighted by Gasteiger charge is 2.33. The lowest BCUT2D eigenvalue weighted by Gasteiger charge is -2.18. The molecule has 0 unspecified atom stereocenters. The first-order valence-corrected chi connectivity index (χ1v) is 11.6. The van der Waals surface area contributed by atoms with Gasteiger partial charge < -0.3 is 14.6 Å². The van der Waals surface area contributed by atoms with Gasteiger partial charge in [-0.2, -0.15) is 13.2 Å². The van der Waals surface area contributed by atoms with E-state index in [2.05, 4.69) is 24.8 Å². The molecule has 0 atom stereocenters. The Bertz CT molecular complexity index is 1420. The summed E-state index contributed by atoms with van der Waals surface area (Å²) in [5, 5.41) is 0. The van der Waals surface area contributed by atoms with Crippen LogP contribution in [0.4, 0.5) is 13.2 Å². The predicted molar refractivity (Wildman–Crippen MR) is 132 cm³/mol. The second-order valence-corrected chi connectivity index (χ2v) is 8.22. The van der Waals surface area contributed by atoms with Crippen LogP contribution in [0, 0.1) is 6.92 Å². The number of hydrogen-bond donors (Lipinski definition) is 1. The molecule has 1 aromatic carbocycles. The number of hydrogen-bond acceptors (Lipinski definition) is 6. The van der Waals surface area contributed by atoms with Crippen molar-refractivity contribution in [3.63, 3.8) is 0 Å². The van der Waals surface area contributed by atoms with E-state index in [4.69, 9.17) is 4.74 Å². The number of halogens is 3. The van der Waals surface area contributed by atoms with Crippen LogP contribution in [-0.4, -0.2) is 51.1 Å². The first-order chi connectivity index (χ1) is 17.2. The Balaban J connectivity index is 1.86. The van der Waals surface area contributed by atoms with Crippen LogP contribution in [0.1, 0.15) is 25.2 Å². The van der Waals surface area contributed by atoms with Gasteiger partial charge >= 0.3 is 6.18 Å². The third kappa shape index (κ3) is 5.38. The largest absolute Gasteiger partial charge is 0.487 e. The normalized spacial score (nSPS) is 11.9. The molecule has 0 fully saturated rings. The molecule has 0 amide bonds. The Kier molecular flexibility index (Phi) is 7.35. The molecule has 10 heteroatoms. The van der Waals surface area contributed by atoms with E-state index in [1.807, 2.05) is 19.9 Å². The number of rotatable bonds is 8. The molecule has 4 rings (SSSR count). The van der Waals surface area contributed by atoms with Gasteiger partial charge in [0.05, 0.1) is 11.4 Å². The van der Waals surface area contributed by atoms with Crippen LogP contribution in [0.25, 0.3) is 33.7 Å². The predicted octanol–water partition coefficient (Wildman–Crippen LogP) is 5.09. The molecule has 0 aliphatic carbocycles. The molecule has 1 N–H and O–H groups in total. The third-order valence-corrected chi connectivity index (χ3v) is 5.80. The van der Waals surface area contributed by atoms with Crippen molar-refractivity contribution in [2.45, 2.75) is 26.9 Å². The van der Waals surface area contributed by atoms with Crippen molar-refractivity contribution in [1.82, 2.24) is 24.8 Å². The molecule has 7 nitrogen and oxygen atoms in total. The van der Waals surface area contributed by atoms with Gasteiger partial charge in [0.15, 0.2) is 16.9 Å². The molecule has 0 bridgehead atoms. The van der Waals surface area contributed by atoms with Gasteiger partial charge in [-0.3, -0.25) is 4.79 Å². The number of aryl methyl sites for hydroxylation is 1. The topological polar surface area (TPSA) is 84.0 Å². The Morgan fingerprint density at radius 3 is 2.33 bits per heavy atom.